The molecule has 35 heavy (non-hydrogen) atoms. The number of thiocarbonyl (C=S) groups is 1. The van der Waals surface area contributed by atoms with Crippen molar-refractivity contribution >= 4 is 69.2 Å². The lowest BCUT2D eigenvalue weighted by Gasteiger charge is -2.17. The number of aryl methyl sites for hydroxylation is 3. The topological polar surface area (TPSA) is 58.6 Å². The fourth-order valence-corrected chi connectivity index (χ4v) is 5.07. The lowest BCUT2D eigenvalue weighted by molar-refractivity contribution is -0.118. The molecule has 0 bridgehead atoms. The van der Waals surface area contributed by atoms with Gasteiger partial charge in [0.25, 0.3) is 11.8 Å². The van der Waals surface area contributed by atoms with E-state index in [-0.39, 0.29) is 18.4 Å². The highest BCUT2D eigenvalue weighted by molar-refractivity contribution is 8.27. The minimum absolute atomic E-state index is 0.184. The predicted octanol–water partition coefficient (Wildman–Crippen LogP) is 6.69. The molecule has 1 fully saturated rings. The monoisotopic (exact) mass is 522 g/mol. The highest BCUT2D eigenvalue weighted by Gasteiger charge is 2.34. The number of para-hydroxylation sites is 1. The van der Waals surface area contributed by atoms with Gasteiger partial charge < -0.3 is 10.1 Å². The fourth-order valence-electron chi connectivity index (χ4n) is 3.62. The van der Waals surface area contributed by atoms with Crippen LogP contribution in [0.1, 0.15) is 22.3 Å². The minimum atomic E-state index is -0.319. The summed E-state index contributed by atoms with van der Waals surface area (Å²) in [4.78, 5) is 27.7. The molecule has 3 aromatic carbocycles. The molecule has 1 N–H and O–H groups in total. The molecule has 5 nitrogen and oxygen atoms in total. The average Bonchev–Trinajstić information content (AvgIpc) is 3.08. The van der Waals surface area contributed by atoms with Gasteiger partial charge >= 0.3 is 0 Å². The van der Waals surface area contributed by atoms with E-state index in [4.69, 9.17) is 28.6 Å². The SMILES string of the molecule is Cc1ccc(N2C(=O)/C(=C/c3ccccc3OCC(=O)Nc3ccc(C)c(Cl)c3)SC2=S)c(C)c1. The van der Waals surface area contributed by atoms with Crippen molar-refractivity contribution in [2.75, 3.05) is 16.8 Å². The quantitative estimate of drug-likeness (QED) is 0.289. The van der Waals surface area contributed by atoms with Crippen molar-refractivity contribution in [2.45, 2.75) is 20.8 Å². The van der Waals surface area contributed by atoms with Gasteiger partial charge in [-0.05, 0) is 62.2 Å². The number of carbonyl (C=O) groups excluding carboxylic acids is 2. The third-order valence-corrected chi connectivity index (χ3v) is 7.12. The number of nitrogens with one attached hydrogen (secondary N) is 1. The first-order chi connectivity index (χ1) is 16.7. The largest absolute Gasteiger partial charge is 0.483 e. The second kappa shape index (κ2) is 10.6. The Morgan fingerprint density at radius 3 is 2.60 bits per heavy atom. The maximum Gasteiger partial charge on any atom is 0.270 e. The first-order valence-corrected chi connectivity index (χ1v) is 12.5. The second-order valence-corrected chi connectivity index (χ2v) is 10.2. The standard InChI is InChI=1S/C27H23ClN2O3S2/c1-16-8-11-22(18(3)12-16)30-26(32)24(35-27(30)34)13-19-6-4-5-7-23(19)33-15-25(31)29-20-10-9-17(2)21(28)14-20/h4-14H,15H2,1-3H3,(H,29,31)/b24-13-. The van der Waals surface area contributed by atoms with E-state index in [0.717, 1.165) is 22.4 Å². The van der Waals surface area contributed by atoms with E-state index in [1.54, 1.807) is 29.2 Å². The summed E-state index contributed by atoms with van der Waals surface area (Å²) in [5.41, 5.74) is 5.08. The van der Waals surface area contributed by atoms with Crippen LogP contribution in [0.25, 0.3) is 6.08 Å². The van der Waals surface area contributed by atoms with E-state index < -0.39 is 0 Å². The average molecular weight is 523 g/mol. The number of hydrogen-bond acceptors (Lipinski definition) is 5. The molecule has 0 aliphatic carbocycles. The van der Waals surface area contributed by atoms with Crippen LogP contribution in [0, 0.1) is 20.8 Å². The van der Waals surface area contributed by atoms with Crippen molar-refractivity contribution in [3.8, 4) is 5.75 Å². The highest BCUT2D eigenvalue weighted by Crippen LogP contribution is 2.38. The summed E-state index contributed by atoms with van der Waals surface area (Å²) in [5.74, 6) is -0.0157. The molecule has 0 radical (unpaired) electrons. The van der Waals surface area contributed by atoms with E-state index in [9.17, 15) is 9.59 Å². The van der Waals surface area contributed by atoms with Crippen molar-refractivity contribution in [1.29, 1.82) is 0 Å². The van der Waals surface area contributed by atoms with Crippen molar-refractivity contribution < 1.29 is 14.3 Å². The third-order valence-electron chi connectivity index (χ3n) is 5.41. The maximum atomic E-state index is 13.2. The molecule has 3 aromatic rings. The Balaban J connectivity index is 1.49. The zero-order valence-electron chi connectivity index (χ0n) is 19.4. The number of amides is 2. The Bertz CT molecular complexity index is 1370. The summed E-state index contributed by atoms with van der Waals surface area (Å²) in [7, 11) is 0. The van der Waals surface area contributed by atoms with Gasteiger partial charge in [-0.15, -0.1) is 0 Å². The fraction of sp³-hybridized carbons (Fsp3) is 0.148. The van der Waals surface area contributed by atoms with Gasteiger partial charge in [0.2, 0.25) is 0 Å². The number of halogens is 1. The number of thioether (sulfide) groups is 1. The summed E-state index contributed by atoms with van der Waals surface area (Å²) in [5, 5.41) is 3.35. The van der Waals surface area contributed by atoms with Crippen LogP contribution in [0.4, 0.5) is 11.4 Å². The first kappa shape index (κ1) is 25.0. The molecular formula is C27H23ClN2O3S2. The van der Waals surface area contributed by atoms with Gasteiger partial charge in [-0.3, -0.25) is 14.5 Å². The molecule has 1 saturated heterocycles. The summed E-state index contributed by atoms with van der Waals surface area (Å²) < 4.78 is 6.26. The molecule has 4 rings (SSSR count). The molecule has 2 amide bonds. The van der Waals surface area contributed by atoms with Gasteiger partial charge in [0, 0.05) is 16.3 Å². The number of carbonyl (C=O) groups is 2. The van der Waals surface area contributed by atoms with Crippen LogP contribution < -0.4 is 15.0 Å². The zero-order chi connectivity index (χ0) is 25.1. The molecule has 8 heteroatoms. The van der Waals surface area contributed by atoms with Crippen LogP contribution >= 0.6 is 35.6 Å². The predicted molar refractivity (Wildman–Crippen MR) is 148 cm³/mol. The molecular weight excluding hydrogens is 500 g/mol. The van der Waals surface area contributed by atoms with Crippen molar-refractivity contribution in [2.24, 2.45) is 0 Å². The Kier molecular flexibility index (Phi) is 7.60. The van der Waals surface area contributed by atoms with Gasteiger partial charge in [0.1, 0.15) is 5.75 Å². The minimum Gasteiger partial charge on any atom is -0.483 e. The summed E-state index contributed by atoms with van der Waals surface area (Å²) >= 11 is 12.9. The molecule has 1 aliphatic heterocycles. The lowest BCUT2D eigenvalue weighted by Crippen LogP contribution is -2.28. The molecule has 0 unspecified atom stereocenters. The smallest absolute Gasteiger partial charge is 0.270 e. The van der Waals surface area contributed by atoms with Crippen LogP contribution in [0.5, 0.6) is 5.75 Å². The van der Waals surface area contributed by atoms with Crippen LogP contribution in [0.2, 0.25) is 5.02 Å². The highest BCUT2D eigenvalue weighted by atomic mass is 35.5. The Morgan fingerprint density at radius 1 is 1.09 bits per heavy atom. The van der Waals surface area contributed by atoms with Crippen LogP contribution in [0.15, 0.2) is 65.6 Å². The van der Waals surface area contributed by atoms with Gasteiger partial charge in [-0.1, -0.05) is 77.5 Å². The zero-order valence-corrected chi connectivity index (χ0v) is 21.8. The number of rotatable bonds is 6. The van der Waals surface area contributed by atoms with Crippen LogP contribution in [0.3, 0.4) is 0 Å². The lowest BCUT2D eigenvalue weighted by atomic mass is 10.1. The van der Waals surface area contributed by atoms with E-state index in [1.165, 1.54) is 11.8 Å². The second-order valence-electron chi connectivity index (χ2n) is 8.15. The van der Waals surface area contributed by atoms with Crippen LogP contribution in [-0.2, 0) is 9.59 Å². The van der Waals surface area contributed by atoms with Gasteiger partial charge in [-0.25, -0.2) is 0 Å². The number of nitrogens with zero attached hydrogens (tertiary/aromatic N) is 1. The van der Waals surface area contributed by atoms with Crippen LogP contribution in [-0.4, -0.2) is 22.7 Å². The Labute approximate surface area is 219 Å². The molecule has 178 valence electrons. The summed E-state index contributed by atoms with van der Waals surface area (Å²) in [6, 6.07) is 18.5. The number of hydrogen-bond donors (Lipinski definition) is 1. The summed E-state index contributed by atoms with van der Waals surface area (Å²) in [6.07, 6.45) is 1.75. The van der Waals surface area contributed by atoms with Crippen molar-refractivity contribution in [3.63, 3.8) is 0 Å². The molecule has 0 atom stereocenters. The molecule has 0 saturated carbocycles. The number of benzene rings is 3. The van der Waals surface area contributed by atoms with Crippen molar-refractivity contribution in [3.05, 3.63) is 92.8 Å². The van der Waals surface area contributed by atoms with E-state index in [0.29, 0.717) is 31.2 Å². The molecule has 0 aromatic heterocycles. The van der Waals surface area contributed by atoms with Crippen molar-refractivity contribution in [1.82, 2.24) is 0 Å². The maximum absolute atomic E-state index is 13.2. The number of ether oxygens (including phenoxy) is 1. The Hall–Kier alpha value is -3.13. The molecule has 1 aliphatic rings. The third kappa shape index (κ3) is 5.75. The molecule has 1 heterocycles. The number of anilines is 2. The summed E-state index contributed by atoms with van der Waals surface area (Å²) in [6.45, 7) is 5.67. The first-order valence-electron chi connectivity index (χ1n) is 10.9. The Morgan fingerprint density at radius 2 is 1.86 bits per heavy atom. The van der Waals surface area contributed by atoms with Gasteiger partial charge in [0.05, 0.1) is 10.6 Å². The van der Waals surface area contributed by atoms with E-state index in [2.05, 4.69) is 5.32 Å². The van der Waals surface area contributed by atoms with Gasteiger partial charge in [-0.2, -0.15) is 0 Å². The normalized spacial score (nSPS) is 14.5. The van der Waals surface area contributed by atoms with E-state index in [1.807, 2.05) is 63.2 Å². The van der Waals surface area contributed by atoms with Gasteiger partial charge in [0.15, 0.2) is 10.9 Å². The van der Waals surface area contributed by atoms with E-state index >= 15 is 0 Å². The molecule has 0 spiro atoms.